The van der Waals surface area contributed by atoms with E-state index in [1.165, 1.54) is 24.3 Å². The minimum Gasteiger partial charge on any atom is -0.508 e. The molecular weight excluding hydrogens is 346 g/mol. The molecule has 0 radical (unpaired) electrons. The summed E-state index contributed by atoms with van der Waals surface area (Å²) in [6.45, 7) is 0.871. The van der Waals surface area contributed by atoms with Crippen molar-refractivity contribution in [1.82, 2.24) is 4.90 Å². The molecule has 1 aliphatic heterocycles. The maximum atomic E-state index is 12.7. The van der Waals surface area contributed by atoms with Crippen molar-refractivity contribution in [3.05, 3.63) is 52.2 Å². The predicted octanol–water partition coefficient (Wildman–Crippen LogP) is 3.73. The highest BCUT2D eigenvalue weighted by atomic mass is 16.3. The van der Waals surface area contributed by atoms with Crippen LogP contribution in [0.3, 0.4) is 0 Å². The van der Waals surface area contributed by atoms with Gasteiger partial charge >= 0.3 is 0 Å². The molecule has 27 heavy (non-hydrogen) atoms. The fourth-order valence-electron chi connectivity index (χ4n) is 3.84. The van der Waals surface area contributed by atoms with Gasteiger partial charge in [-0.3, -0.25) is 9.69 Å². The summed E-state index contributed by atoms with van der Waals surface area (Å²) in [5.41, 5.74) is 0.746. The van der Waals surface area contributed by atoms with Crippen molar-refractivity contribution in [1.29, 1.82) is 0 Å². The third-order valence-corrected chi connectivity index (χ3v) is 5.27. The molecular formula is C21H21NO5. The lowest BCUT2D eigenvalue weighted by molar-refractivity contribution is 0.181. The van der Waals surface area contributed by atoms with Crippen LogP contribution in [0.2, 0.25) is 0 Å². The minimum absolute atomic E-state index is 0.0734. The first-order valence-corrected chi connectivity index (χ1v) is 8.98. The number of hydrogen-bond acceptors (Lipinski definition) is 6. The zero-order valence-electron chi connectivity index (χ0n) is 15.0. The fraction of sp³-hybridized carbons (Fsp3) is 0.286. The van der Waals surface area contributed by atoms with Crippen molar-refractivity contribution in [3.8, 4) is 28.6 Å². The summed E-state index contributed by atoms with van der Waals surface area (Å²) in [6.07, 6.45) is 2.88. The van der Waals surface area contributed by atoms with Gasteiger partial charge in [-0.1, -0.05) is 6.42 Å². The third-order valence-electron chi connectivity index (χ3n) is 5.27. The first-order valence-electron chi connectivity index (χ1n) is 8.98. The van der Waals surface area contributed by atoms with Crippen molar-refractivity contribution >= 4 is 11.0 Å². The zero-order valence-corrected chi connectivity index (χ0v) is 15.0. The van der Waals surface area contributed by atoms with E-state index >= 15 is 0 Å². The van der Waals surface area contributed by atoms with Crippen molar-refractivity contribution in [2.75, 3.05) is 13.6 Å². The summed E-state index contributed by atoms with van der Waals surface area (Å²) in [5.74, 6) is 0.117. The maximum absolute atomic E-state index is 12.7. The molecule has 0 bridgehead atoms. The highest BCUT2D eigenvalue weighted by Crippen LogP contribution is 2.43. The van der Waals surface area contributed by atoms with Gasteiger partial charge in [0.2, 0.25) is 0 Å². The first-order chi connectivity index (χ1) is 13.0. The van der Waals surface area contributed by atoms with E-state index in [9.17, 15) is 20.1 Å². The van der Waals surface area contributed by atoms with E-state index < -0.39 is 0 Å². The number of fused-ring (bicyclic) bond motifs is 1. The number of rotatable bonds is 2. The van der Waals surface area contributed by atoms with Crippen LogP contribution < -0.4 is 5.43 Å². The lowest BCUT2D eigenvalue weighted by atomic mass is 9.93. The molecule has 0 saturated carbocycles. The van der Waals surface area contributed by atoms with Crippen LogP contribution in [0, 0.1) is 0 Å². The van der Waals surface area contributed by atoms with E-state index in [2.05, 4.69) is 4.90 Å². The van der Waals surface area contributed by atoms with Gasteiger partial charge in [0, 0.05) is 23.7 Å². The number of phenols is 3. The van der Waals surface area contributed by atoms with Crippen LogP contribution in [0.4, 0.5) is 0 Å². The smallest absolute Gasteiger partial charge is 0.197 e. The van der Waals surface area contributed by atoms with E-state index in [1.54, 1.807) is 12.1 Å². The molecule has 1 saturated heterocycles. The van der Waals surface area contributed by atoms with Crippen LogP contribution in [0.1, 0.15) is 30.9 Å². The van der Waals surface area contributed by atoms with Crippen molar-refractivity contribution in [3.63, 3.8) is 0 Å². The second-order valence-electron chi connectivity index (χ2n) is 7.05. The summed E-state index contributed by atoms with van der Waals surface area (Å²) in [4.78, 5) is 14.8. The lowest BCUT2D eigenvalue weighted by Crippen LogP contribution is -2.29. The molecule has 1 atom stereocenters. The standard InChI is InChI=1S/C21H21NO5/c1-22-9-3-2-4-14(22)19-15(24)11-18-20(21(19)26)16(25)10-17(27-18)12-5-7-13(23)8-6-12/h5-8,10-11,14,23-24,26H,2-4,9H2,1H3. The third kappa shape index (κ3) is 3.02. The van der Waals surface area contributed by atoms with E-state index in [4.69, 9.17) is 4.42 Å². The van der Waals surface area contributed by atoms with E-state index in [0.29, 0.717) is 16.9 Å². The highest BCUT2D eigenvalue weighted by Gasteiger charge is 2.28. The Morgan fingerprint density at radius 3 is 2.52 bits per heavy atom. The molecule has 6 heteroatoms. The number of piperidine rings is 1. The van der Waals surface area contributed by atoms with Gasteiger partial charge in [-0.15, -0.1) is 0 Å². The van der Waals surface area contributed by atoms with Gasteiger partial charge < -0.3 is 19.7 Å². The van der Waals surface area contributed by atoms with Crippen molar-refractivity contribution in [2.24, 2.45) is 0 Å². The van der Waals surface area contributed by atoms with Gasteiger partial charge in [0.05, 0.1) is 5.56 Å². The number of benzene rings is 2. The van der Waals surface area contributed by atoms with Gasteiger partial charge in [0.15, 0.2) is 5.43 Å². The van der Waals surface area contributed by atoms with Crippen LogP contribution >= 0.6 is 0 Å². The van der Waals surface area contributed by atoms with E-state index in [1.807, 2.05) is 7.05 Å². The molecule has 0 spiro atoms. The average Bonchev–Trinajstić information content (AvgIpc) is 2.63. The van der Waals surface area contributed by atoms with Crippen LogP contribution in [-0.4, -0.2) is 33.8 Å². The zero-order chi connectivity index (χ0) is 19.1. The molecule has 1 aliphatic rings. The molecule has 6 nitrogen and oxygen atoms in total. The van der Waals surface area contributed by atoms with E-state index in [-0.39, 0.29) is 39.7 Å². The topological polar surface area (TPSA) is 94.1 Å². The second-order valence-corrected chi connectivity index (χ2v) is 7.05. The SMILES string of the molecule is CN1CCCCC1c1c(O)cc2oc(-c3ccc(O)cc3)cc(=O)c2c1O. The molecule has 140 valence electrons. The minimum atomic E-state index is -0.378. The van der Waals surface area contributed by atoms with Gasteiger partial charge in [-0.05, 0) is 50.7 Å². The fourth-order valence-corrected chi connectivity index (χ4v) is 3.84. The summed E-state index contributed by atoms with van der Waals surface area (Å²) in [5, 5.41) is 30.9. The summed E-state index contributed by atoms with van der Waals surface area (Å²) >= 11 is 0. The summed E-state index contributed by atoms with van der Waals surface area (Å²) in [7, 11) is 1.95. The Kier molecular flexibility index (Phi) is 4.28. The molecule has 3 aromatic rings. The average molecular weight is 367 g/mol. The molecule has 2 aromatic carbocycles. The summed E-state index contributed by atoms with van der Waals surface area (Å²) < 4.78 is 5.78. The molecule has 1 unspecified atom stereocenters. The Labute approximate surface area is 155 Å². The maximum Gasteiger partial charge on any atom is 0.197 e. The van der Waals surface area contributed by atoms with Gasteiger partial charge in [0.25, 0.3) is 0 Å². The first kappa shape index (κ1) is 17.4. The van der Waals surface area contributed by atoms with Crippen molar-refractivity contribution in [2.45, 2.75) is 25.3 Å². The molecule has 0 aliphatic carbocycles. The van der Waals surface area contributed by atoms with Crippen LogP contribution in [0.25, 0.3) is 22.3 Å². The van der Waals surface area contributed by atoms with E-state index in [0.717, 1.165) is 25.8 Å². The molecule has 1 fully saturated rings. The molecule has 4 rings (SSSR count). The number of aromatic hydroxyl groups is 3. The van der Waals surface area contributed by atoms with Crippen LogP contribution in [-0.2, 0) is 0 Å². The number of phenolic OH excluding ortho intramolecular Hbond substituents is 3. The number of hydrogen-bond donors (Lipinski definition) is 3. The van der Waals surface area contributed by atoms with Gasteiger partial charge in [-0.25, -0.2) is 0 Å². The second kappa shape index (κ2) is 6.63. The Bertz CT molecular complexity index is 1050. The lowest BCUT2D eigenvalue weighted by Gasteiger charge is -2.33. The largest absolute Gasteiger partial charge is 0.508 e. The van der Waals surface area contributed by atoms with Gasteiger partial charge in [-0.2, -0.15) is 0 Å². The highest BCUT2D eigenvalue weighted by molar-refractivity contribution is 5.88. The Morgan fingerprint density at radius 1 is 1.07 bits per heavy atom. The molecule has 3 N–H and O–H groups in total. The predicted molar refractivity (Wildman–Crippen MR) is 102 cm³/mol. The van der Waals surface area contributed by atoms with Gasteiger partial charge in [0.1, 0.15) is 34.0 Å². The summed E-state index contributed by atoms with van der Waals surface area (Å²) in [6, 6.07) is 8.83. The number of nitrogens with zero attached hydrogens (tertiary/aromatic N) is 1. The molecule has 1 aromatic heterocycles. The van der Waals surface area contributed by atoms with Crippen LogP contribution in [0.15, 0.2) is 45.6 Å². The monoisotopic (exact) mass is 367 g/mol. The Morgan fingerprint density at radius 2 is 1.81 bits per heavy atom. The Balaban J connectivity index is 1.89. The van der Waals surface area contributed by atoms with Crippen LogP contribution in [0.5, 0.6) is 17.2 Å². The molecule has 0 amide bonds. The van der Waals surface area contributed by atoms with Crippen molar-refractivity contribution < 1.29 is 19.7 Å². The number of likely N-dealkylation sites (tertiary alicyclic amines) is 1. The normalized spacial score (nSPS) is 18.0. The quantitative estimate of drug-likeness (QED) is 0.639. The Hall–Kier alpha value is -2.99. The molecule has 2 heterocycles.